The summed E-state index contributed by atoms with van der Waals surface area (Å²) in [5.74, 6) is 0.228. The van der Waals surface area contributed by atoms with E-state index in [0.717, 1.165) is 44.8 Å². The molecular formula is C23H29N3OS. The van der Waals surface area contributed by atoms with Crippen LogP contribution in [0, 0.1) is 6.92 Å². The van der Waals surface area contributed by atoms with E-state index >= 15 is 0 Å². The van der Waals surface area contributed by atoms with Crippen LogP contribution in [0.1, 0.15) is 18.9 Å². The fourth-order valence-electron chi connectivity index (χ4n) is 4.09. The van der Waals surface area contributed by atoms with E-state index in [9.17, 15) is 4.79 Å². The lowest BCUT2D eigenvalue weighted by Crippen LogP contribution is -2.50. The normalized spacial score (nSPS) is 20.6. The molecule has 4 rings (SSSR count). The fraction of sp³-hybridized carbons (Fsp3) is 0.435. The molecule has 5 heteroatoms. The van der Waals surface area contributed by atoms with Gasteiger partial charge >= 0.3 is 0 Å². The van der Waals surface area contributed by atoms with Crippen LogP contribution in [-0.2, 0) is 4.79 Å². The third kappa shape index (κ3) is 4.20. The molecule has 28 heavy (non-hydrogen) atoms. The smallest absolute Gasteiger partial charge is 0.241 e. The summed E-state index contributed by atoms with van der Waals surface area (Å²) in [5.41, 5.74) is 3.72. The number of benzene rings is 2. The van der Waals surface area contributed by atoms with Gasteiger partial charge in [0.2, 0.25) is 5.91 Å². The molecule has 0 unspecified atom stereocenters. The van der Waals surface area contributed by atoms with Crippen LogP contribution in [0.15, 0.2) is 53.4 Å². The van der Waals surface area contributed by atoms with Crippen molar-refractivity contribution in [1.29, 1.82) is 0 Å². The Hall–Kier alpha value is -1.98. The molecule has 0 aromatic heterocycles. The van der Waals surface area contributed by atoms with E-state index in [1.54, 1.807) is 0 Å². The van der Waals surface area contributed by atoms with Crippen LogP contribution in [0.3, 0.4) is 0 Å². The number of fused-ring (bicyclic) bond motifs is 1. The average molecular weight is 396 g/mol. The van der Waals surface area contributed by atoms with Crippen molar-refractivity contribution in [2.45, 2.75) is 30.4 Å². The van der Waals surface area contributed by atoms with E-state index in [0.29, 0.717) is 11.8 Å². The van der Waals surface area contributed by atoms with Crippen LogP contribution >= 0.6 is 11.8 Å². The van der Waals surface area contributed by atoms with E-state index in [2.05, 4.69) is 66.1 Å². The van der Waals surface area contributed by atoms with Crippen molar-refractivity contribution in [3.63, 3.8) is 0 Å². The van der Waals surface area contributed by atoms with E-state index in [4.69, 9.17) is 0 Å². The molecule has 1 amide bonds. The van der Waals surface area contributed by atoms with Crippen LogP contribution in [0.2, 0.25) is 0 Å². The number of hydrogen-bond acceptors (Lipinski definition) is 4. The van der Waals surface area contributed by atoms with E-state index < -0.39 is 0 Å². The van der Waals surface area contributed by atoms with Crippen molar-refractivity contribution in [3.05, 3.63) is 54.1 Å². The predicted molar refractivity (Wildman–Crippen MR) is 119 cm³/mol. The highest BCUT2D eigenvalue weighted by Gasteiger charge is 2.27. The molecule has 2 aliphatic rings. The molecule has 0 N–H and O–H groups in total. The number of nitrogens with zero attached hydrogens (tertiary/aromatic N) is 3. The van der Waals surface area contributed by atoms with E-state index in [1.165, 1.54) is 16.1 Å². The summed E-state index contributed by atoms with van der Waals surface area (Å²) in [6.45, 7) is 9.55. The Balaban J connectivity index is 1.39. The first-order chi connectivity index (χ1) is 13.6. The van der Waals surface area contributed by atoms with Gasteiger partial charge in [-0.15, -0.1) is 11.8 Å². The molecule has 1 atom stereocenters. The maximum atomic E-state index is 13.2. The lowest BCUT2D eigenvalue weighted by molar-refractivity contribution is -0.119. The standard InChI is InChI=1S/C23H29N3OS/c1-18-7-3-4-8-20(18)25-15-13-24(14-16-25)17-23(27)26-12-11-19(2)28-22-10-6-5-9-21(22)26/h3-10,19H,11-17H2,1-2H3/t19-/m0/s1. The number of hydrogen-bond donors (Lipinski definition) is 0. The van der Waals surface area contributed by atoms with Gasteiger partial charge < -0.3 is 9.80 Å². The first-order valence-corrected chi connectivity index (χ1v) is 11.1. The molecule has 4 nitrogen and oxygen atoms in total. The monoisotopic (exact) mass is 395 g/mol. The van der Waals surface area contributed by atoms with E-state index in [-0.39, 0.29) is 5.91 Å². The van der Waals surface area contributed by atoms with Crippen LogP contribution < -0.4 is 9.80 Å². The molecule has 0 bridgehead atoms. The van der Waals surface area contributed by atoms with Crippen LogP contribution in [-0.4, -0.2) is 55.3 Å². The molecule has 0 radical (unpaired) electrons. The zero-order valence-corrected chi connectivity index (χ0v) is 17.6. The third-order valence-corrected chi connectivity index (χ3v) is 6.97. The molecule has 1 saturated heterocycles. The summed E-state index contributed by atoms with van der Waals surface area (Å²) in [4.78, 5) is 21.1. The Labute approximate surface area is 172 Å². The molecule has 2 aliphatic heterocycles. The maximum Gasteiger partial charge on any atom is 0.241 e. The highest BCUT2D eigenvalue weighted by Crippen LogP contribution is 2.37. The quantitative estimate of drug-likeness (QED) is 0.784. The number of carbonyl (C=O) groups is 1. The minimum atomic E-state index is 0.228. The van der Waals surface area contributed by atoms with Crippen LogP contribution in [0.4, 0.5) is 11.4 Å². The minimum absolute atomic E-state index is 0.228. The molecular weight excluding hydrogens is 366 g/mol. The molecule has 0 saturated carbocycles. The van der Waals surface area contributed by atoms with Crippen LogP contribution in [0.5, 0.6) is 0 Å². The fourth-order valence-corrected chi connectivity index (χ4v) is 5.20. The topological polar surface area (TPSA) is 26.8 Å². The Morgan fingerprint density at radius 2 is 1.64 bits per heavy atom. The van der Waals surface area contributed by atoms with Crippen molar-refractivity contribution in [2.24, 2.45) is 0 Å². The van der Waals surface area contributed by atoms with Gasteiger partial charge in [-0.05, 0) is 37.1 Å². The Kier molecular flexibility index (Phi) is 5.93. The minimum Gasteiger partial charge on any atom is -0.369 e. The highest BCUT2D eigenvalue weighted by atomic mass is 32.2. The summed E-state index contributed by atoms with van der Waals surface area (Å²) in [7, 11) is 0. The maximum absolute atomic E-state index is 13.2. The number of piperazine rings is 1. The highest BCUT2D eigenvalue weighted by molar-refractivity contribution is 8.00. The molecule has 2 aromatic rings. The molecule has 0 spiro atoms. The number of para-hydroxylation sites is 2. The SMILES string of the molecule is Cc1ccccc1N1CCN(CC(=O)N2CC[C@H](C)Sc3ccccc32)CC1. The van der Waals surface area contributed by atoms with Gasteiger partial charge in [-0.25, -0.2) is 0 Å². The zero-order valence-electron chi connectivity index (χ0n) is 16.8. The Bertz CT molecular complexity index is 832. The van der Waals surface area contributed by atoms with Gasteiger partial charge in [0.1, 0.15) is 0 Å². The summed E-state index contributed by atoms with van der Waals surface area (Å²) < 4.78 is 0. The molecule has 2 heterocycles. The lowest BCUT2D eigenvalue weighted by Gasteiger charge is -2.37. The van der Waals surface area contributed by atoms with Gasteiger partial charge in [0.15, 0.2) is 0 Å². The lowest BCUT2D eigenvalue weighted by atomic mass is 10.1. The number of anilines is 2. The van der Waals surface area contributed by atoms with E-state index in [1.807, 2.05) is 22.7 Å². The van der Waals surface area contributed by atoms with Crippen molar-refractivity contribution >= 4 is 29.0 Å². The van der Waals surface area contributed by atoms with Gasteiger partial charge in [-0.3, -0.25) is 9.69 Å². The second kappa shape index (κ2) is 8.58. The van der Waals surface area contributed by atoms with Crippen LogP contribution in [0.25, 0.3) is 0 Å². The number of amides is 1. The number of aryl methyl sites for hydroxylation is 1. The van der Waals surface area contributed by atoms with Gasteiger partial charge in [-0.1, -0.05) is 37.3 Å². The van der Waals surface area contributed by atoms with Crippen molar-refractivity contribution < 1.29 is 4.79 Å². The van der Waals surface area contributed by atoms with Gasteiger partial charge in [0.25, 0.3) is 0 Å². The number of carbonyl (C=O) groups excluding carboxylic acids is 1. The van der Waals surface area contributed by atoms with Gasteiger partial charge in [0.05, 0.1) is 12.2 Å². The number of rotatable bonds is 3. The van der Waals surface area contributed by atoms with Gasteiger partial charge in [-0.2, -0.15) is 0 Å². The number of thioether (sulfide) groups is 1. The Morgan fingerprint density at radius 1 is 0.964 bits per heavy atom. The summed E-state index contributed by atoms with van der Waals surface area (Å²) >= 11 is 1.88. The van der Waals surface area contributed by atoms with Gasteiger partial charge in [0, 0.05) is 48.6 Å². The zero-order chi connectivity index (χ0) is 19.5. The average Bonchev–Trinajstić information content (AvgIpc) is 2.87. The second-order valence-electron chi connectivity index (χ2n) is 7.78. The van der Waals surface area contributed by atoms with Crippen molar-refractivity contribution in [2.75, 3.05) is 49.1 Å². The second-order valence-corrected chi connectivity index (χ2v) is 9.26. The Morgan fingerprint density at radius 3 is 2.39 bits per heavy atom. The first-order valence-electron chi connectivity index (χ1n) is 10.2. The first kappa shape index (κ1) is 19.3. The molecule has 148 valence electrons. The summed E-state index contributed by atoms with van der Waals surface area (Å²) in [6, 6.07) is 16.9. The predicted octanol–water partition coefficient (Wildman–Crippen LogP) is 4.03. The van der Waals surface area contributed by atoms with Crippen molar-refractivity contribution in [3.8, 4) is 0 Å². The molecule has 0 aliphatic carbocycles. The van der Waals surface area contributed by atoms with Crippen molar-refractivity contribution in [1.82, 2.24) is 4.90 Å². The summed E-state index contributed by atoms with van der Waals surface area (Å²) in [5, 5.41) is 0.539. The molecule has 1 fully saturated rings. The largest absolute Gasteiger partial charge is 0.369 e. The molecule has 2 aromatic carbocycles. The third-order valence-electron chi connectivity index (χ3n) is 5.73. The summed E-state index contributed by atoms with van der Waals surface area (Å²) in [6.07, 6.45) is 1.03.